The van der Waals surface area contributed by atoms with Gasteiger partial charge in [0.25, 0.3) is 0 Å². The van der Waals surface area contributed by atoms with Gasteiger partial charge in [0.1, 0.15) is 17.9 Å². The molecule has 146 valence electrons. The number of ether oxygens (including phenoxy) is 1. The van der Waals surface area contributed by atoms with Gasteiger partial charge in [0.2, 0.25) is 5.91 Å². The van der Waals surface area contributed by atoms with Gasteiger partial charge in [-0.15, -0.1) is 10.2 Å². The first-order valence-corrected chi connectivity index (χ1v) is 9.63. The van der Waals surface area contributed by atoms with Crippen LogP contribution in [-0.2, 0) is 4.79 Å². The van der Waals surface area contributed by atoms with E-state index in [1.54, 1.807) is 25.6 Å². The number of thioether (sulfide) groups is 1. The first kappa shape index (κ1) is 19.9. The maximum atomic E-state index is 13.1. The molecule has 0 unspecified atom stereocenters. The fourth-order valence-corrected chi connectivity index (χ4v) is 3.45. The molecule has 0 bridgehead atoms. The Balaban J connectivity index is 1.65. The summed E-state index contributed by atoms with van der Waals surface area (Å²) in [6.45, 7) is 3.67. The van der Waals surface area contributed by atoms with Gasteiger partial charge >= 0.3 is 0 Å². The number of amides is 1. The topological polar surface area (TPSA) is 69.0 Å². The number of nitrogens with one attached hydrogen (secondary N) is 1. The van der Waals surface area contributed by atoms with Crippen LogP contribution in [0.3, 0.4) is 0 Å². The number of aromatic nitrogens is 3. The van der Waals surface area contributed by atoms with Crippen LogP contribution < -0.4 is 10.1 Å². The molecule has 0 aliphatic heterocycles. The molecule has 8 heteroatoms. The van der Waals surface area contributed by atoms with E-state index in [1.807, 2.05) is 42.7 Å². The number of halogens is 1. The van der Waals surface area contributed by atoms with Crippen LogP contribution in [0.5, 0.6) is 5.75 Å². The van der Waals surface area contributed by atoms with E-state index in [9.17, 15) is 9.18 Å². The van der Waals surface area contributed by atoms with Gasteiger partial charge in [-0.25, -0.2) is 4.39 Å². The molecule has 1 N–H and O–H groups in total. The molecule has 6 nitrogen and oxygen atoms in total. The summed E-state index contributed by atoms with van der Waals surface area (Å²) in [7, 11) is 1.61. The van der Waals surface area contributed by atoms with Crippen LogP contribution in [0.15, 0.2) is 60.0 Å². The quantitative estimate of drug-likeness (QED) is 0.612. The van der Waals surface area contributed by atoms with Crippen molar-refractivity contribution in [2.75, 3.05) is 7.11 Å². The lowest BCUT2D eigenvalue weighted by atomic mass is 10.1. The van der Waals surface area contributed by atoms with Crippen molar-refractivity contribution < 1.29 is 13.9 Å². The highest BCUT2D eigenvalue weighted by Crippen LogP contribution is 2.25. The summed E-state index contributed by atoms with van der Waals surface area (Å²) in [5, 5.41) is 11.3. The zero-order valence-electron chi connectivity index (χ0n) is 15.8. The number of hydrogen-bond donors (Lipinski definition) is 1. The molecule has 0 radical (unpaired) electrons. The molecule has 2 atom stereocenters. The van der Waals surface area contributed by atoms with Crippen molar-refractivity contribution in [3.8, 4) is 11.4 Å². The minimum atomic E-state index is -0.385. The second-order valence-electron chi connectivity index (χ2n) is 6.22. The van der Waals surface area contributed by atoms with Gasteiger partial charge in [-0.3, -0.25) is 9.36 Å². The largest absolute Gasteiger partial charge is 0.497 e. The van der Waals surface area contributed by atoms with Gasteiger partial charge in [-0.1, -0.05) is 23.9 Å². The molecule has 1 amide bonds. The molecule has 0 fully saturated rings. The molecule has 28 heavy (non-hydrogen) atoms. The van der Waals surface area contributed by atoms with E-state index in [2.05, 4.69) is 15.5 Å². The highest BCUT2D eigenvalue weighted by Gasteiger charge is 2.20. The molecule has 1 aromatic heterocycles. The number of methoxy groups -OCH3 is 1. The first-order chi connectivity index (χ1) is 13.5. The third kappa shape index (κ3) is 4.69. The van der Waals surface area contributed by atoms with Crippen molar-refractivity contribution in [2.45, 2.75) is 30.3 Å². The Morgan fingerprint density at radius 3 is 2.46 bits per heavy atom. The van der Waals surface area contributed by atoms with Crippen molar-refractivity contribution in [1.29, 1.82) is 0 Å². The van der Waals surface area contributed by atoms with Crippen molar-refractivity contribution >= 4 is 17.7 Å². The normalized spacial score (nSPS) is 13.0. The average Bonchev–Trinajstić information content (AvgIpc) is 3.16. The monoisotopic (exact) mass is 400 g/mol. The summed E-state index contributed by atoms with van der Waals surface area (Å²) in [4.78, 5) is 12.6. The van der Waals surface area contributed by atoms with Crippen molar-refractivity contribution in [1.82, 2.24) is 20.1 Å². The lowest BCUT2D eigenvalue weighted by molar-refractivity contribution is -0.120. The molecule has 0 spiro atoms. The highest BCUT2D eigenvalue weighted by atomic mass is 32.2. The average molecular weight is 400 g/mol. The van der Waals surface area contributed by atoms with Crippen LogP contribution >= 0.6 is 11.8 Å². The SMILES string of the molecule is COc1ccc(-n2cnnc2S[C@H](C)C(=O)N[C@H](C)c2ccc(F)cc2)cc1. The van der Waals surface area contributed by atoms with Crippen LogP contribution in [0, 0.1) is 5.82 Å². The Labute approximate surface area is 167 Å². The Morgan fingerprint density at radius 1 is 1.14 bits per heavy atom. The van der Waals surface area contributed by atoms with Crippen LogP contribution in [0.2, 0.25) is 0 Å². The second-order valence-corrected chi connectivity index (χ2v) is 7.53. The van der Waals surface area contributed by atoms with Crippen molar-refractivity contribution in [3.63, 3.8) is 0 Å². The number of hydrogen-bond acceptors (Lipinski definition) is 5. The van der Waals surface area contributed by atoms with Crippen LogP contribution in [0.1, 0.15) is 25.5 Å². The fraction of sp³-hybridized carbons (Fsp3) is 0.250. The number of rotatable bonds is 7. The fourth-order valence-electron chi connectivity index (χ4n) is 2.60. The molecular weight excluding hydrogens is 379 g/mol. The van der Waals surface area contributed by atoms with E-state index < -0.39 is 0 Å². The highest BCUT2D eigenvalue weighted by molar-refractivity contribution is 8.00. The van der Waals surface area contributed by atoms with Gasteiger partial charge in [0.15, 0.2) is 5.16 Å². The summed E-state index contributed by atoms with van der Waals surface area (Å²) < 4.78 is 20.0. The zero-order valence-corrected chi connectivity index (χ0v) is 16.6. The van der Waals surface area contributed by atoms with Gasteiger partial charge in [-0.2, -0.15) is 0 Å². The maximum absolute atomic E-state index is 13.1. The molecular formula is C20H21FN4O2S. The summed E-state index contributed by atoms with van der Waals surface area (Å²) in [6, 6.07) is 13.4. The van der Waals surface area contributed by atoms with Crippen LogP contribution in [0.4, 0.5) is 4.39 Å². The van der Waals surface area contributed by atoms with Crippen molar-refractivity contribution in [2.24, 2.45) is 0 Å². The Morgan fingerprint density at radius 2 is 1.82 bits per heavy atom. The molecule has 0 aliphatic carbocycles. The summed E-state index contributed by atoms with van der Waals surface area (Å²) in [6.07, 6.45) is 1.61. The summed E-state index contributed by atoms with van der Waals surface area (Å²) in [5.74, 6) is 0.323. The standard InChI is InChI=1S/C20H21FN4O2S/c1-13(15-4-6-16(21)7-5-15)23-19(26)14(2)28-20-24-22-12-25(20)17-8-10-18(27-3)11-9-17/h4-14H,1-3H3,(H,23,26)/t13-,14-/m1/s1. The van der Waals surface area contributed by atoms with Crippen molar-refractivity contribution in [3.05, 3.63) is 66.2 Å². The maximum Gasteiger partial charge on any atom is 0.233 e. The van der Waals surface area contributed by atoms with Gasteiger partial charge in [-0.05, 0) is 55.8 Å². The smallest absolute Gasteiger partial charge is 0.233 e. The van der Waals surface area contributed by atoms with Crippen LogP contribution in [-0.4, -0.2) is 33.0 Å². The Kier molecular flexibility index (Phi) is 6.30. The number of nitrogens with zero attached hydrogens (tertiary/aromatic N) is 3. The van der Waals surface area contributed by atoms with E-state index in [0.717, 1.165) is 17.0 Å². The lowest BCUT2D eigenvalue weighted by Gasteiger charge is -2.17. The summed E-state index contributed by atoms with van der Waals surface area (Å²) in [5.41, 5.74) is 1.72. The molecule has 3 rings (SSSR count). The van der Waals surface area contributed by atoms with Gasteiger partial charge in [0.05, 0.1) is 18.4 Å². The molecule has 2 aromatic carbocycles. The predicted octanol–water partition coefficient (Wildman–Crippen LogP) is 3.77. The van der Waals surface area contributed by atoms with Gasteiger partial charge in [0, 0.05) is 5.69 Å². The number of carbonyl (C=O) groups is 1. The van der Waals surface area contributed by atoms with E-state index in [0.29, 0.717) is 5.16 Å². The molecule has 0 saturated heterocycles. The second kappa shape index (κ2) is 8.88. The third-order valence-electron chi connectivity index (χ3n) is 4.25. The molecule has 0 saturated carbocycles. The Bertz CT molecular complexity index is 928. The number of carbonyl (C=O) groups excluding carboxylic acids is 1. The minimum Gasteiger partial charge on any atom is -0.497 e. The van der Waals surface area contributed by atoms with Gasteiger partial charge < -0.3 is 10.1 Å². The Hall–Kier alpha value is -2.87. The zero-order chi connectivity index (χ0) is 20.1. The molecule has 3 aromatic rings. The van der Waals surface area contributed by atoms with E-state index in [1.165, 1.54) is 23.9 Å². The van der Waals surface area contributed by atoms with E-state index in [-0.39, 0.29) is 23.0 Å². The lowest BCUT2D eigenvalue weighted by Crippen LogP contribution is -2.33. The molecule has 1 heterocycles. The van der Waals surface area contributed by atoms with Crippen LogP contribution in [0.25, 0.3) is 5.69 Å². The minimum absolute atomic E-state index is 0.133. The third-order valence-corrected chi connectivity index (χ3v) is 5.30. The number of benzene rings is 2. The first-order valence-electron chi connectivity index (χ1n) is 8.75. The summed E-state index contributed by atoms with van der Waals surface area (Å²) >= 11 is 1.32. The molecule has 0 aliphatic rings. The van der Waals surface area contributed by atoms with E-state index >= 15 is 0 Å². The van der Waals surface area contributed by atoms with E-state index in [4.69, 9.17) is 4.74 Å². The predicted molar refractivity (Wildman–Crippen MR) is 106 cm³/mol.